The SMILES string of the molecule is COc1ccc(NC(=O)c2nnn(-c3ccccc3)c2C)c(OC)c1. The van der Waals surface area contributed by atoms with Gasteiger partial charge in [-0.05, 0) is 31.2 Å². The molecule has 0 saturated heterocycles. The van der Waals surface area contributed by atoms with Crippen LogP contribution in [0.4, 0.5) is 5.69 Å². The van der Waals surface area contributed by atoms with Crippen LogP contribution in [-0.2, 0) is 0 Å². The van der Waals surface area contributed by atoms with E-state index in [2.05, 4.69) is 15.6 Å². The Morgan fingerprint density at radius 3 is 2.52 bits per heavy atom. The van der Waals surface area contributed by atoms with E-state index in [0.29, 0.717) is 22.9 Å². The molecule has 0 fully saturated rings. The number of carbonyl (C=O) groups is 1. The zero-order chi connectivity index (χ0) is 17.8. The largest absolute Gasteiger partial charge is 0.497 e. The molecule has 0 bridgehead atoms. The normalized spacial score (nSPS) is 10.4. The maximum atomic E-state index is 12.6. The molecular formula is C18H18N4O3. The molecule has 1 heterocycles. The lowest BCUT2D eigenvalue weighted by atomic mass is 10.2. The quantitative estimate of drug-likeness (QED) is 0.774. The number of aromatic nitrogens is 3. The Labute approximate surface area is 145 Å². The van der Waals surface area contributed by atoms with Gasteiger partial charge in [0.25, 0.3) is 5.91 Å². The second kappa shape index (κ2) is 7.04. The van der Waals surface area contributed by atoms with Crippen LogP contribution in [0, 0.1) is 6.92 Å². The third-order valence-electron chi connectivity index (χ3n) is 3.77. The van der Waals surface area contributed by atoms with E-state index in [0.717, 1.165) is 5.69 Å². The van der Waals surface area contributed by atoms with E-state index in [1.165, 1.54) is 7.11 Å². The first kappa shape index (κ1) is 16.5. The third kappa shape index (κ3) is 3.30. The summed E-state index contributed by atoms with van der Waals surface area (Å²) in [4.78, 5) is 12.6. The first-order valence-electron chi connectivity index (χ1n) is 7.65. The minimum Gasteiger partial charge on any atom is -0.497 e. The molecule has 0 unspecified atom stereocenters. The highest BCUT2D eigenvalue weighted by Gasteiger charge is 2.19. The molecule has 7 nitrogen and oxygen atoms in total. The minimum absolute atomic E-state index is 0.252. The first-order valence-corrected chi connectivity index (χ1v) is 7.65. The maximum Gasteiger partial charge on any atom is 0.278 e. The molecule has 1 aromatic heterocycles. The topological polar surface area (TPSA) is 78.3 Å². The van der Waals surface area contributed by atoms with Crippen molar-refractivity contribution in [2.45, 2.75) is 6.92 Å². The molecule has 0 aliphatic carbocycles. The molecule has 1 amide bonds. The van der Waals surface area contributed by atoms with Crippen LogP contribution in [0.1, 0.15) is 16.2 Å². The predicted octanol–water partition coefficient (Wildman–Crippen LogP) is 2.85. The van der Waals surface area contributed by atoms with Gasteiger partial charge < -0.3 is 14.8 Å². The fourth-order valence-electron chi connectivity index (χ4n) is 2.44. The van der Waals surface area contributed by atoms with Crippen molar-refractivity contribution in [2.75, 3.05) is 19.5 Å². The summed E-state index contributed by atoms with van der Waals surface area (Å²) in [6, 6.07) is 14.7. The summed E-state index contributed by atoms with van der Waals surface area (Å²) < 4.78 is 12.1. The Morgan fingerprint density at radius 1 is 1.08 bits per heavy atom. The minimum atomic E-state index is -0.358. The standard InChI is InChI=1S/C18H18N4O3/c1-12-17(20-21-22(12)13-7-5-4-6-8-13)18(23)19-15-10-9-14(24-2)11-16(15)25-3/h4-11H,1-3H3,(H,19,23). The molecule has 3 aromatic rings. The van der Waals surface area contributed by atoms with Crippen molar-refractivity contribution in [3.05, 3.63) is 59.9 Å². The summed E-state index contributed by atoms with van der Waals surface area (Å²) in [6.07, 6.45) is 0. The van der Waals surface area contributed by atoms with Crippen LogP contribution in [0.5, 0.6) is 11.5 Å². The predicted molar refractivity (Wildman–Crippen MR) is 93.6 cm³/mol. The number of ether oxygens (including phenoxy) is 2. The lowest BCUT2D eigenvalue weighted by Gasteiger charge is -2.11. The molecular weight excluding hydrogens is 320 g/mol. The molecule has 0 aliphatic heterocycles. The van der Waals surface area contributed by atoms with Gasteiger partial charge >= 0.3 is 0 Å². The number of carbonyl (C=O) groups excluding carboxylic acids is 1. The molecule has 7 heteroatoms. The Balaban J connectivity index is 1.87. The van der Waals surface area contributed by atoms with Gasteiger partial charge in [0, 0.05) is 6.07 Å². The Hall–Kier alpha value is -3.35. The van der Waals surface area contributed by atoms with Crippen LogP contribution in [0.3, 0.4) is 0 Å². The Bertz CT molecular complexity index is 891. The average Bonchev–Trinajstić information content (AvgIpc) is 3.04. The van der Waals surface area contributed by atoms with Crippen molar-refractivity contribution < 1.29 is 14.3 Å². The van der Waals surface area contributed by atoms with Gasteiger partial charge in [-0.25, -0.2) is 4.68 Å². The van der Waals surface area contributed by atoms with Gasteiger partial charge in [0.15, 0.2) is 5.69 Å². The molecule has 0 atom stereocenters. The fraction of sp³-hybridized carbons (Fsp3) is 0.167. The lowest BCUT2D eigenvalue weighted by molar-refractivity contribution is 0.102. The van der Waals surface area contributed by atoms with Gasteiger partial charge in [-0.15, -0.1) is 5.10 Å². The molecule has 1 N–H and O–H groups in total. The third-order valence-corrected chi connectivity index (χ3v) is 3.77. The summed E-state index contributed by atoms with van der Waals surface area (Å²) in [5.74, 6) is 0.782. The van der Waals surface area contributed by atoms with Crippen molar-refractivity contribution in [3.8, 4) is 17.2 Å². The molecule has 2 aromatic carbocycles. The van der Waals surface area contributed by atoms with Gasteiger partial charge in [0.1, 0.15) is 11.5 Å². The lowest BCUT2D eigenvalue weighted by Crippen LogP contribution is -2.15. The molecule has 128 valence electrons. The number of amides is 1. The van der Waals surface area contributed by atoms with Gasteiger partial charge in [0.05, 0.1) is 31.3 Å². The van der Waals surface area contributed by atoms with E-state index < -0.39 is 0 Å². The van der Waals surface area contributed by atoms with Crippen LogP contribution in [0.2, 0.25) is 0 Å². The van der Waals surface area contributed by atoms with Crippen LogP contribution in [-0.4, -0.2) is 35.1 Å². The second-order valence-corrected chi connectivity index (χ2v) is 5.29. The van der Waals surface area contributed by atoms with E-state index in [-0.39, 0.29) is 11.6 Å². The number of para-hydroxylation sites is 1. The average molecular weight is 338 g/mol. The molecule has 0 radical (unpaired) electrons. The van der Waals surface area contributed by atoms with E-state index in [1.807, 2.05) is 30.3 Å². The zero-order valence-corrected chi connectivity index (χ0v) is 14.2. The van der Waals surface area contributed by atoms with E-state index in [9.17, 15) is 4.79 Å². The number of nitrogens with one attached hydrogen (secondary N) is 1. The highest BCUT2D eigenvalue weighted by atomic mass is 16.5. The smallest absolute Gasteiger partial charge is 0.278 e. The molecule has 0 spiro atoms. The highest BCUT2D eigenvalue weighted by Crippen LogP contribution is 2.29. The number of benzene rings is 2. The van der Waals surface area contributed by atoms with E-state index >= 15 is 0 Å². The molecule has 0 aliphatic rings. The highest BCUT2D eigenvalue weighted by molar-refractivity contribution is 6.04. The molecule has 3 rings (SSSR count). The second-order valence-electron chi connectivity index (χ2n) is 5.29. The van der Waals surface area contributed by atoms with Crippen LogP contribution in [0.25, 0.3) is 5.69 Å². The first-order chi connectivity index (χ1) is 12.1. The van der Waals surface area contributed by atoms with Crippen molar-refractivity contribution in [1.29, 1.82) is 0 Å². The summed E-state index contributed by atoms with van der Waals surface area (Å²) in [5.41, 5.74) is 2.27. The monoisotopic (exact) mass is 338 g/mol. The van der Waals surface area contributed by atoms with Crippen molar-refractivity contribution in [1.82, 2.24) is 15.0 Å². The summed E-state index contributed by atoms with van der Waals surface area (Å²) >= 11 is 0. The summed E-state index contributed by atoms with van der Waals surface area (Å²) in [5, 5.41) is 10.9. The Kier molecular flexibility index (Phi) is 4.65. The van der Waals surface area contributed by atoms with Crippen LogP contribution < -0.4 is 14.8 Å². The van der Waals surface area contributed by atoms with Crippen molar-refractivity contribution in [2.24, 2.45) is 0 Å². The number of anilines is 1. The molecule has 0 saturated carbocycles. The van der Waals surface area contributed by atoms with Gasteiger partial charge in [-0.1, -0.05) is 23.4 Å². The maximum absolute atomic E-state index is 12.6. The number of methoxy groups -OCH3 is 2. The summed E-state index contributed by atoms with van der Waals surface area (Å²) in [6.45, 7) is 1.80. The number of hydrogen-bond acceptors (Lipinski definition) is 5. The van der Waals surface area contributed by atoms with Crippen molar-refractivity contribution >= 4 is 11.6 Å². The fourth-order valence-corrected chi connectivity index (χ4v) is 2.44. The summed E-state index contributed by atoms with van der Waals surface area (Å²) in [7, 11) is 3.10. The van der Waals surface area contributed by atoms with Gasteiger partial charge in [-0.2, -0.15) is 0 Å². The number of nitrogens with zero attached hydrogens (tertiary/aromatic N) is 3. The van der Waals surface area contributed by atoms with Crippen LogP contribution in [0.15, 0.2) is 48.5 Å². The number of hydrogen-bond donors (Lipinski definition) is 1. The molecule has 25 heavy (non-hydrogen) atoms. The Morgan fingerprint density at radius 2 is 1.84 bits per heavy atom. The zero-order valence-electron chi connectivity index (χ0n) is 14.2. The van der Waals surface area contributed by atoms with E-state index in [1.54, 1.807) is 36.9 Å². The van der Waals surface area contributed by atoms with Crippen molar-refractivity contribution in [3.63, 3.8) is 0 Å². The number of rotatable bonds is 5. The van der Waals surface area contributed by atoms with E-state index in [4.69, 9.17) is 9.47 Å². The van der Waals surface area contributed by atoms with Gasteiger partial charge in [0.2, 0.25) is 0 Å². The van der Waals surface area contributed by atoms with Gasteiger partial charge in [-0.3, -0.25) is 4.79 Å². The van der Waals surface area contributed by atoms with Crippen LogP contribution >= 0.6 is 0 Å².